The number of aromatic nitrogens is 3. The molecule has 198 valence electrons. The van der Waals surface area contributed by atoms with Gasteiger partial charge in [-0.3, -0.25) is 9.89 Å². The number of amides is 2. The first-order chi connectivity index (χ1) is 18.1. The Hall–Kier alpha value is -3.79. The van der Waals surface area contributed by atoms with Gasteiger partial charge in [0.15, 0.2) is 11.3 Å². The van der Waals surface area contributed by atoms with E-state index in [4.69, 9.17) is 20.2 Å². The predicted octanol–water partition coefficient (Wildman–Crippen LogP) is 6.10. The van der Waals surface area contributed by atoms with Gasteiger partial charge in [0.2, 0.25) is 0 Å². The van der Waals surface area contributed by atoms with E-state index in [9.17, 15) is 9.59 Å². The van der Waals surface area contributed by atoms with Crippen molar-refractivity contribution >= 4 is 33.6 Å². The third-order valence-electron chi connectivity index (χ3n) is 6.48. The van der Waals surface area contributed by atoms with E-state index < -0.39 is 11.5 Å². The number of nitrogens with two attached hydrogens (primary N) is 1. The fourth-order valence-corrected chi connectivity index (χ4v) is 4.95. The van der Waals surface area contributed by atoms with Crippen LogP contribution in [0.15, 0.2) is 59.2 Å². The Balaban J connectivity index is 1.37. The zero-order valence-corrected chi connectivity index (χ0v) is 23.1. The smallest absolute Gasteiger partial charge is 0.410 e. The molecule has 0 bridgehead atoms. The summed E-state index contributed by atoms with van der Waals surface area (Å²) in [5, 5.41) is 3.16. The molecule has 0 spiro atoms. The molecule has 10 heteroatoms. The lowest BCUT2D eigenvalue weighted by molar-refractivity contribution is 0.0205. The molecule has 1 saturated heterocycles. The highest BCUT2D eigenvalue weighted by molar-refractivity contribution is 9.10. The van der Waals surface area contributed by atoms with Crippen LogP contribution in [0.2, 0.25) is 0 Å². The van der Waals surface area contributed by atoms with Crippen LogP contribution in [0.25, 0.3) is 16.9 Å². The van der Waals surface area contributed by atoms with Gasteiger partial charge in [-0.05, 0) is 88.1 Å². The van der Waals surface area contributed by atoms with E-state index in [2.05, 4.69) is 21.0 Å². The lowest BCUT2D eigenvalue weighted by atomic mass is 9.91. The standard InChI is InChI=1S/C28H30BrN5O4/c1-28(2,3)38-27(36)33-14-12-17(13-15-33)22-16-31-34-24(25(30)35)23(32-26(22)34)18-4-8-20(9-5-18)37-21-10-6-19(29)7-11-21/h4-11,16-17,31H,12-15H2,1-3H3,(H2,30,35). The van der Waals surface area contributed by atoms with Crippen molar-refractivity contribution in [3.8, 4) is 22.8 Å². The van der Waals surface area contributed by atoms with Crippen LogP contribution in [0, 0.1) is 0 Å². The normalized spacial score (nSPS) is 14.6. The summed E-state index contributed by atoms with van der Waals surface area (Å²) in [5.74, 6) is 0.992. The molecule has 4 aromatic rings. The molecular formula is C28H30BrN5O4. The van der Waals surface area contributed by atoms with E-state index >= 15 is 0 Å². The first-order valence-corrected chi connectivity index (χ1v) is 13.3. The fraction of sp³-hybridized carbons (Fsp3) is 0.321. The van der Waals surface area contributed by atoms with Gasteiger partial charge in [0, 0.05) is 34.9 Å². The Morgan fingerprint density at radius 2 is 1.63 bits per heavy atom. The van der Waals surface area contributed by atoms with Crippen molar-refractivity contribution in [3.63, 3.8) is 0 Å². The highest BCUT2D eigenvalue weighted by Crippen LogP contribution is 2.34. The number of nitrogens with one attached hydrogen (secondary N) is 1. The van der Waals surface area contributed by atoms with Crippen LogP contribution < -0.4 is 10.5 Å². The molecule has 1 aliphatic rings. The molecule has 5 rings (SSSR count). The minimum atomic E-state index is -0.573. The van der Waals surface area contributed by atoms with E-state index in [1.807, 2.05) is 75.5 Å². The predicted molar refractivity (Wildman–Crippen MR) is 147 cm³/mol. The number of imidazole rings is 1. The molecule has 9 nitrogen and oxygen atoms in total. The van der Waals surface area contributed by atoms with Gasteiger partial charge >= 0.3 is 6.09 Å². The number of hydrogen-bond donors (Lipinski definition) is 2. The number of benzene rings is 2. The van der Waals surface area contributed by atoms with Crippen molar-refractivity contribution in [2.45, 2.75) is 45.1 Å². The number of H-pyrrole nitrogens is 1. The Kier molecular flexibility index (Phi) is 6.92. The maximum atomic E-state index is 12.5. The van der Waals surface area contributed by atoms with Crippen molar-refractivity contribution < 1.29 is 19.1 Å². The lowest BCUT2D eigenvalue weighted by Crippen LogP contribution is -2.41. The number of carbonyl (C=O) groups is 2. The Bertz CT molecular complexity index is 1460. The van der Waals surface area contributed by atoms with Crippen molar-refractivity contribution in [1.82, 2.24) is 19.5 Å². The van der Waals surface area contributed by atoms with E-state index in [1.165, 1.54) is 0 Å². The summed E-state index contributed by atoms with van der Waals surface area (Å²) >= 11 is 3.42. The lowest BCUT2D eigenvalue weighted by Gasteiger charge is -2.33. The SMILES string of the molecule is CC(C)(C)OC(=O)N1CCC(c2c[nH]n3c(C(N)=O)c(-c4ccc(Oc5ccc(Br)cc5)cc4)nc23)CC1. The molecule has 0 saturated carbocycles. The van der Waals surface area contributed by atoms with Crippen LogP contribution in [0.3, 0.4) is 0 Å². The Morgan fingerprint density at radius 3 is 2.21 bits per heavy atom. The van der Waals surface area contributed by atoms with Gasteiger partial charge in [-0.1, -0.05) is 15.9 Å². The number of carbonyl (C=O) groups excluding carboxylic acids is 2. The number of rotatable bonds is 5. The highest BCUT2D eigenvalue weighted by atomic mass is 79.9. The van der Waals surface area contributed by atoms with Crippen LogP contribution in [0.4, 0.5) is 4.79 Å². The molecule has 3 heterocycles. The minimum absolute atomic E-state index is 0.181. The number of halogens is 1. The Labute approximate surface area is 229 Å². The quantitative estimate of drug-likeness (QED) is 0.296. The molecule has 0 atom stereocenters. The fourth-order valence-electron chi connectivity index (χ4n) is 4.69. The number of piperidine rings is 1. The number of fused-ring (bicyclic) bond motifs is 1. The zero-order valence-electron chi connectivity index (χ0n) is 21.5. The number of nitrogens with zero attached hydrogens (tertiary/aromatic N) is 3. The molecule has 2 aromatic heterocycles. The summed E-state index contributed by atoms with van der Waals surface area (Å²) in [6.45, 7) is 6.77. The number of ether oxygens (including phenoxy) is 2. The molecule has 38 heavy (non-hydrogen) atoms. The van der Waals surface area contributed by atoms with Crippen LogP contribution in [-0.4, -0.2) is 50.2 Å². The van der Waals surface area contributed by atoms with Crippen molar-refractivity contribution in [3.05, 3.63) is 70.5 Å². The third-order valence-corrected chi connectivity index (χ3v) is 7.01. The molecule has 1 fully saturated rings. The number of primary amides is 1. The van der Waals surface area contributed by atoms with Crippen molar-refractivity contribution in [2.75, 3.05) is 13.1 Å². The second kappa shape index (κ2) is 10.2. The van der Waals surface area contributed by atoms with Crippen molar-refractivity contribution in [1.29, 1.82) is 0 Å². The summed E-state index contributed by atoms with van der Waals surface area (Å²) in [5.41, 5.74) is 8.48. The van der Waals surface area contributed by atoms with E-state index in [0.29, 0.717) is 35.9 Å². The summed E-state index contributed by atoms with van der Waals surface area (Å²) in [7, 11) is 0. The monoisotopic (exact) mass is 579 g/mol. The summed E-state index contributed by atoms with van der Waals surface area (Å²) in [4.78, 5) is 31.5. The number of hydrogen-bond acceptors (Lipinski definition) is 5. The van der Waals surface area contributed by atoms with Crippen LogP contribution in [-0.2, 0) is 4.74 Å². The van der Waals surface area contributed by atoms with Crippen LogP contribution >= 0.6 is 15.9 Å². The first-order valence-electron chi connectivity index (χ1n) is 12.5. The first kappa shape index (κ1) is 25.8. The molecule has 2 amide bonds. The molecule has 2 aromatic carbocycles. The molecule has 0 unspecified atom stereocenters. The maximum absolute atomic E-state index is 12.5. The van der Waals surface area contributed by atoms with Gasteiger partial charge in [-0.2, -0.15) is 0 Å². The minimum Gasteiger partial charge on any atom is -0.457 e. The van der Waals surface area contributed by atoms with E-state index in [-0.39, 0.29) is 12.0 Å². The summed E-state index contributed by atoms with van der Waals surface area (Å²) in [6, 6.07) is 15.0. The number of likely N-dealkylation sites (tertiary alicyclic amines) is 1. The average molecular weight is 580 g/mol. The van der Waals surface area contributed by atoms with Crippen LogP contribution in [0.5, 0.6) is 11.5 Å². The molecule has 1 aliphatic heterocycles. The van der Waals surface area contributed by atoms with Crippen LogP contribution in [0.1, 0.15) is 55.6 Å². The maximum Gasteiger partial charge on any atom is 0.410 e. The van der Waals surface area contributed by atoms with Gasteiger partial charge in [-0.25, -0.2) is 14.3 Å². The van der Waals surface area contributed by atoms with Crippen molar-refractivity contribution in [2.24, 2.45) is 5.73 Å². The van der Waals surface area contributed by atoms with Gasteiger partial charge in [0.05, 0.1) is 0 Å². The topological polar surface area (TPSA) is 115 Å². The van der Waals surface area contributed by atoms with Gasteiger partial charge < -0.3 is 20.1 Å². The van der Waals surface area contributed by atoms with E-state index in [0.717, 1.165) is 34.2 Å². The highest BCUT2D eigenvalue weighted by Gasteiger charge is 2.30. The largest absolute Gasteiger partial charge is 0.457 e. The van der Waals surface area contributed by atoms with Gasteiger partial charge in [-0.15, -0.1) is 0 Å². The summed E-state index contributed by atoms with van der Waals surface area (Å²) < 4.78 is 14.1. The zero-order chi connectivity index (χ0) is 27.0. The van der Waals surface area contributed by atoms with Gasteiger partial charge in [0.1, 0.15) is 22.8 Å². The Morgan fingerprint density at radius 1 is 1.03 bits per heavy atom. The molecule has 0 aliphatic carbocycles. The second-order valence-electron chi connectivity index (χ2n) is 10.4. The molecule has 3 N–H and O–H groups in total. The molecular weight excluding hydrogens is 550 g/mol. The van der Waals surface area contributed by atoms with E-state index in [1.54, 1.807) is 9.42 Å². The molecule has 0 radical (unpaired) electrons. The van der Waals surface area contributed by atoms with Gasteiger partial charge in [0.25, 0.3) is 5.91 Å². The third kappa shape index (κ3) is 5.40. The summed E-state index contributed by atoms with van der Waals surface area (Å²) in [6.07, 6.45) is 3.12. The number of aromatic amines is 1. The second-order valence-corrected chi connectivity index (χ2v) is 11.3. The average Bonchev–Trinajstić information content (AvgIpc) is 3.44.